The smallest absolute Gasteiger partial charge is 0.310 e. The lowest BCUT2D eigenvalue weighted by molar-refractivity contribution is -0.154. The van der Waals surface area contributed by atoms with Gasteiger partial charge in [0.25, 0.3) is 5.91 Å². The highest BCUT2D eigenvalue weighted by molar-refractivity contribution is 6.01. The molecule has 0 spiro atoms. The van der Waals surface area contributed by atoms with Gasteiger partial charge in [-0.15, -0.1) is 0 Å². The van der Waals surface area contributed by atoms with E-state index in [4.69, 9.17) is 9.47 Å². The van der Waals surface area contributed by atoms with Crippen LogP contribution in [0.2, 0.25) is 0 Å². The van der Waals surface area contributed by atoms with Gasteiger partial charge >= 0.3 is 5.97 Å². The molecule has 0 radical (unpaired) electrons. The van der Waals surface area contributed by atoms with E-state index in [1.54, 1.807) is 30.3 Å². The quantitative estimate of drug-likeness (QED) is 0.512. The molecule has 0 unspecified atom stereocenters. The number of ether oxygens (including phenoxy) is 2. The lowest BCUT2D eigenvalue weighted by atomic mass is 9.75. The number of Topliss-reactive ketones (excluding diaryl/α,β-unsaturated/α-hetero) is 1. The normalized spacial score (nSPS) is 23.9. The fourth-order valence-corrected chi connectivity index (χ4v) is 5.07. The van der Waals surface area contributed by atoms with Crippen molar-refractivity contribution in [3.05, 3.63) is 60.2 Å². The van der Waals surface area contributed by atoms with E-state index in [9.17, 15) is 14.4 Å². The fraction of sp³-hybridized carbons (Fsp3) is 0.400. The minimum Gasteiger partial charge on any atom is -0.492 e. The second-order valence-electron chi connectivity index (χ2n) is 8.20. The minimum absolute atomic E-state index is 0.00448. The summed E-state index contributed by atoms with van der Waals surface area (Å²) in [5.41, 5.74) is 1.16. The summed E-state index contributed by atoms with van der Waals surface area (Å²) in [6.07, 6.45) is 2.76. The van der Waals surface area contributed by atoms with E-state index in [0.717, 1.165) is 19.3 Å². The lowest BCUT2D eigenvalue weighted by Crippen LogP contribution is -2.37. The van der Waals surface area contributed by atoms with Gasteiger partial charge in [-0.05, 0) is 50.2 Å². The molecule has 0 aliphatic heterocycles. The molecule has 1 N–H and O–H groups in total. The first-order chi connectivity index (χ1) is 15.1. The van der Waals surface area contributed by atoms with Crippen molar-refractivity contribution in [1.82, 2.24) is 0 Å². The monoisotopic (exact) mass is 421 g/mol. The number of hydrogen-bond acceptors (Lipinski definition) is 5. The molecule has 6 nitrogen and oxygen atoms in total. The van der Waals surface area contributed by atoms with Crippen molar-refractivity contribution in [2.75, 3.05) is 18.5 Å². The number of amides is 1. The van der Waals surface area contributed by atoms with Crippen molar-refractivity contribution < 1.29 is 23.9 Å². The van der Waals surface area contributed by atoms with Gasteiger partial charge < -0.3 is 14.8 Å². The van der Waals surface area contributed by atoms with Gasteiger partial charge in [0.15, 0.2) is 12.4 Å². The van der Waals surface area contributed by atoms with Crippen molar-refractivity contribution in [3.8, 4) is 5.75 Å². The Kier molecular flexibility index (Phi) is 6.35. The topological polar surface area (TPSA) is 81.7 Å². The van der Waals surface area contributed by atoms with E-state index in [-0.39, 0.29) is 30.1 Å². The number of nitrogens with one attached hydrogen (secondary N) is 1. The van der Waals surface area contributed by atoms with Crippen LogP contribution in [0.1, 0.15) is 36.5 Å². The van der Waals surface area contributed by atoms with Crippen LogP contribution in [0.3, 0.4) is 0 Å². The van der Waals surface area contributed by atoms with Crippen molar-refractivity contribution >= 4 is 23.3 Å². The maximum absolute atomic E-state index is 13.1. The minimum atomic E-state index is -0.477. The Morgan fingerprint density at radius 2 is 1.61 bits per heavy atom. The maximum atomic E-state index is 13.1. The molecule has 4 rings (SSSR count). The van der Waals surface area contributed by atoms with Gasteiger partial charge in [0, 0.05) is 11.5 Å². The van der Waals surface area contributed by atoms with E-state index in [1.807, 2.05) is 31.2 Å². The average molecular weight is 421 g/mol. The zero-order valence-electron chi connectivity index (χ0n) is 17.6. The van der Waals surface area contributed by atoms with Crippen molar-refractivity contribution in [2.24, 2.45) is 23.7 Å². The summed E-state index contributed by atoms with van der Waals surface area (Å²) >= 11 is 0. The van der Waals surface area contributed by atoms with Gasteiger partial charge in [-0.3, -0.25) is 14.4 Å². The van der Waals surface area contributed by atoms with Crippen LogP contribution in [0.4, 0.5) is 5.69 Å². The fourth-order valence-electron chi connectivity index (χ4n) is 5.07. The Morgan fingerprint density at radius 3 is 2.35 bits per heavy atom. The molecule has 6 heteroatoms. The summed E-state index contributed by atoms with van der Waals surface area (Å²) < 4.78 is 10.9. The molecule has 2 saturated carbocycles. The molecule has 2 fully saturated rings. The molecule has 1 amide bonds. The number of carbonyl (C=O) groups is 3. The van der Waals surface area contributed by atoms with Crippen LogP contribution in [-0.2, 0) is 14.3 Å². The van der Waals surface area contributed by atoms with Gasteiger partial charge in [-0.1, -0.05) is 42.5 Å². The number of benzene rings is 2. The average Bonchev–Trinajstić information content (AvgIpc) is 3.41. The van der Waals surface area contributed by atoms with E-state index in [2.05, 4.69) is 5.32 Å². The predicted molar refractivity (Wildman–Crippen MR) is 116 cm³/mol. The summed E-state index contributed by atoms with van der Waals surface area (Å²) in [7, 11) is 0. The standard InChI is InChI=1S/C25H27NO5/c1-2-30-20-11-7-6-10-19(20)26-21(27)15-31-25(29)23-18-13-12-17(14-18)22(23)24(28)16-8-4-3-5-9-16/h3-11,17-18,22-23H,2,12-15H2,1H3,(H,26,27)/t17-,18-,22+,23+/m0/s1. The Bertz CT molecular complexity index is 957. The summed E-state index contributed by atoms with van der Waals surface area (Å²) in [5.74, 6) is -0.801. The van der Waals surface area contributed by atoms with Crippen LogP contribution in [0.15, 0.2) is 54.6 Å². The number of carbonyl (C=O) groups excluding carboxylic acids is 3. The molecule has 2 aliphatic carbocycles. The molecule has 2 aromatic carbocycles. The zero-order valence-corrected chi connectivity index (χ0v) is 17.6. The van der Waals surface area contributed by atoms with Gasteiger partial charge in [0.1, 0.15) is 5.75 Å². The van der Waals surface area contributed by atoms with Gasteiger partial charge in [-0.25, -0.2) is 0 Å². The number of rotatable bonds is 8. The predicted octanol–water partition coefficient (Wildman–Crippen LogP) is 4.11. The molecule has 2 aliphatic rings. The van der Waals surface area contributed by atoms with E-state index in [0.29, 0.717) is 23.6 Å². The van der Waals surface area contributed by atoms with Crippen LogP contribution in [0, 0.1) is 23.7 Å². The summed E-state index contributed by atoms with van der Waals surface area (Å²) in [6, 6.07) is 16.2. The molecule has 31 heavy (non-hydrogen) atoms. The molecule has 0 saturated heterocycles. The van der Waals surface area contributed by atoms with Crippen LogP contribution >= 0.6 is 0 Å². The van der Waals surface area contributed by atoms with Crippen LogP contribution < -0.4 is 10.1 Å². The first-order valence-electron chi connectivity index (χ1n) is 10.9. The largest absolute Gasteiger partial charge is 0.492 e. The number of ketones is 1. The van der Waals surface area contributed by atoms with Crippen molar-refractivity contribution in [2.45, 2.75) is 26.2 Å². The highest BCUT2D eigenvalue weighted by Crippen LogP contribution is 2.53. The first kappa shape index (κ1) is 21.1. The van der Waals surface area contributed by atoms with Crippen molar-refractivity contribution in [3.63, 3.8) is 0 Å². The second kappa shape index (κ2) is 9.33. The molecular formula is C25H27NO5. The lowest BCUT2D eigenvalue weighted by Gasteiger charge is -2.28. The number of fused-ring (bicyclic) bond motifs is 2. The highest BCUT2D eigenvalue weighted by Gasteiger charge is 2.54. The molecule has 0 heterocycles. The number of hydrogen-bond donors (Lipinski definition) is 1. The molecule has 0 aromatic heterocycles. The third kappa shape index (κ3) is 4.48. The van der Waals surface area contributed by atoms with Crippen LogP contribution in [0.5, 0.6) is 5.75 Å². The van der Waals surface area contributed by atoms with E-state index in [1.165, 1.54) is 0 Å². The van der Waals surface area contributed by atoms with Gasteiger partial charge in [-0.2, -0.15) is 0 Å². The van der Waals surface area contributed by atoms with E-state index < -0.39 is 17.8 Å². The Morgan fingerprint density at radius 1 is 0.935 bits per heavy atom. The molecule has 2 bridgehead atoms. The zero-order chi connectivity index (χ0) is 21.8. The second-order valence-corrected chi connectivity index (χ2v) is 8.20. The van der Waals surface area contributed by atoms with Crippen molar-refractivity contribution in [1.29, 1.82) is 0 Å². The third-order valence-electron chi connectivity index (χ3n) is 6.36. The number of para-hydroxylation sites is 2. The molecular weight excluding hydrogens is 394 g/mol. The summed E-state index contributed by atoms with van der Waals surface area (Å²) in [6.45, 7) is 1.95. The highest BCUT2D eigenvalue weighted by atomic mass is 16.5. The molecule has 162 valence electrons. The van der Waals surface area contributed by atoms with Gasteiger partial charge in [0.2, 0.25) is 0 Å². The molecule has 2 aromatic rings. The Balaban J connectivity index is 1.39. The van der Waals surface area contributed by atoms with Gasteiger partial charge in [0.05, 0.1) is 18.2 Å². The van der Waals surface area contributed by atoms with E-state index >= 15 is 0 Å². The van der Waals surface area contributed by atoms with Crippen LogP contribution in [-0.4, -0.2) is 30.9 Å². The third-order valence-corrected chi connectivity index (χ3v) is 6.36. The number of esters is 1. The molecule has 4 atom stereocenters. The Hall–Kier alpha value is -3.15. The number of anilines is 1. The van der Waals surface area contributed by atoms with Crippen LogP contribution in [0.25, 0.3) is 0 Å². The SMILES string of the molecule is CCOc1ccccc1NC(=O)COC(=O)[C@@H]1[C@H]2CC[C@@H](C2)[C@H]1C(=O)c1ccccc1. The maximum Gasteiger partial charge on any atom is 0.310 e. The summed E-state index contributed by atoms with van der Waals surface area (Å²) in [5, 5.41) is 2.73. The summed E-state index contributed by atoms with van der Waals surface area (Å²) in [4.78, 5) is 38.4. The Labute approximate surface area is 181 Å². The first-order valence-corrected chi connectivity index (χ1v) is 10.9.